The average Bonchev–Trinajstić information content (AvgIpc) is 3.22. The summed E-state index contributed by atoms with van der Waals surface area (Å²) in [6, 6.07) is 26.5. The summed E-state index contributed by atoms with van der Waals surface area (Å²) in [5.74, 6) is 0.335. The van der Waals surface area contributed by atoms with Gasteiger partial charge in [0.15, 0.2) is 0 Å². The lowest BCUT2D eigenvalue weighted by molar-refractivity contribution is -0.140. The Hall–Kier alpha value is -4.91. The van der Waals surface area contributed by atoms with Crippen molar-refractivity contribution in [3.63, 3.8) is 0 Å². The number of amides is 1. The maximum Gasteiger partial charge on any atom is 0.296 e. The molecule has 1 unspecified atom stereocenters. The van der Waals surface area contributed by atoms with Crippen molar-refractivity contribution in [2.75, 3.05) is 6.61 Å². The zero-order valence-corrected chi connectivity index (χ0v) is 21.1. The van der Waals surface area contributed by atoms with Crippen molar-refractivity contribution in [2.45, 2.75) is 25.4 Å². The van der Waals surface area contributed by atoms with Crippen molar-refractivity contribution in [3.05, 3.63) is 125 Å². The number of benzene rings is 3. The summed E-state index contributed by atoms with van der Waals surface area (Å²) < 4.78 is 11.7. The fourth-order valence-corrected chi connectivity index (χ4v) is 5.09. The van der Waals surface area contributed by atoms with Crippen LogP contribution in [0.25, 0.3) is 5.76 Å². The molecule has 0 saturated carbocycles. The summed E-state index contributed by atoms with van der Waals surface area (Å²) in [4.78, 5) is 32.7. The molecule has 39 heavy (non-hydrogen) atoms. The highest BCUT2D eigenvalue weighted by atomic mass is 16.5. The van der Waals surface area contributed by atoms with Gasteiger partial charge in [-0.05, 0) is 78.6 Å². The molecule has 0 aliphatic carbocycles. The number of rotatable bonds is 6. The molecule has 3 heterocycles. The molecule has 0 radical (unpaired) electrons. The van der Waals surface area contributed by atoms with Crippen LogP contribution in [-0.2, 0) is 22.6 Å². The molecule has 2 aliphatic heterocycles. The summed E-state index contributed by atoms with van der Waals surface area (Å²) in [5.41, 5.74) is 2.73. The molecule has 194 valence electrons. The van der Waals surface area contributed by atoms with E-state index >= 15 is 0 Å². The zero-order valence-electron chi connectivity index (χ0n) is 21.1. The highest BCUT2D eigenvalue weighted by Gasteiger charge is 2.46. The number of nitrogens with zero attached hydrogens (tertiary/aromatic N) is 2. The first kappa shape index (κ1) is 24.4. The minimum absolute atomic E-state index is 0.0319. The number of aliphatic hydroxyl groups excluding tert-OH is 1. The van der Waals surface area contributed by atoms with Gasteiger partial charge in [-0.2, -0.15) is 0 Å². The van der Waals surface area contributed by atoms with E-state index in [9.17, 15) is 14.7 Å². The van der Waals surface area contributed by atoms with Gasteiger partial charge in [-0.15, -0.1) is 0 Å². The number of ether oxygens (including phenoxy) is 2. The number of hydrogen-bond donors (Lipinski definition) is 1. The maximum absolute atomic E-state index is 13.5. The molecule has 2 aliphatic rings. The fraction of sp³-hybridized carbons (Fsp3) is 0.156. The van der Waals surface area contributed by atoms with Crippen LogP contribution in [0, 0.1) is 0 Å². The summed E-state index contributed by atoms with van der Waals surface area (Å²) >= 11 is 0. The Morgan fingerprint density at radius 2 is 1.77 bits per heavy atom. The van der Waals surface area contributed by atoms with Crippen LogP contribution in [0.4, 0.5) is 0 Å². The van der Waals surface area contributed by atoms with E-state index in [2.05, 4.69) is 4.98 Å². The van der Waals surface area contributed by atoms with Crippen LogP contribution in [0.15, 0.2) is 103 Å². The molecule has 1 amide bonds. The van der Waals surface area contributed by atoms with Crippen molar-refractivity contribution in [1.29, 1.82) is 0 Å². The number of ketones is 1. The Bertz CT molecular complexity index is 1570. The first-order valence-electron chi connectivity index (χ1n) is 12.9. The van der Waals surface area contributed by atoms with E-state index in [4.69, 9.17) is 9.47 Å². The topological polar surface area (TPSA) is 89.0 Å². The Morgan fingerprint density at radius 1 is 0.949 bits per heavy atom. The summed E-state index contributed by atoms with van der Waals surface area (Å²) in [6.45, 7) is 0.757. The number of fused-ring (bicyclic) bond motifs is 1. The van der Waals surface area contributed by atoms with E-state index in [1.807, 2.05) is 60.7 Å². The summed E-state index contributed by atoms with van der Waals surface area (Å²) in [7, 11) is 0. The molecular weight excluding hydrogens is 492 g/mol. The maximum atomic E-state index is 13.5. The van der Waals surface area contributed by atoms with E-state index in [-0.39, 0.29) is 17.9 Å². The van der Waals surface area contributed by atoms with E-state index in [0.29, 0.717) is 34.9 Å². The number of aromatic nitrogens is 1. The number of Topliss-reactive ketones (excluding diaryl/α,β-unsaturated/α-hetero) is 1. The molecule has 7 heteroatoms. The predicted octanol–water partition coefficient (Wildman–Crippen LogP) is 5.82. The number of pyridine rings is 1. The van der Waals surface area contributed by atoms with Gasteiger partial charge >= 0.3 is 0 Å². The van der Waals surface area contributed by atoms with Gasteiger partial charge in [-0.1, -0.05) is 36.4 Å². The third-order valence-electron chi connectivity index (χ3n) is 6.93. The smallest absolute Gasteiger partial charge is 0.296 e. The molecule has 1 saturated heterocycles. The average molecular weight is 519 g/mol. The van der Waals surface area contributed by atoms with E-state index < -0.39 is 17.7 Å². The largest absolute Gasteiger partial charge is 0.507 e. The van der Waals surface area contributed by atoms with Gasteiger partial charge in [-0.25, -0.2) is 0 Å². The number of para-hydroxylation sites is 1. The van der Waals surface area contributed by atoms with Crippen LogP contribution in [0.5, 0.6) is 17.2 Å². The van der Waals surface area contributed by atoms with Gasteiger partial charge in [0, 0.05) is 11.8 Å². The molecular formula is C32H26N2O5. The van der Waals surface area contributed by atoms with Gasteiger partial charge < -0.3 is 19.5 Å². The number of carbonyl (C=O) groups excluding carboxylic acids is 2. The second-order valence-electron chi connectivity index (χ2n) is 9.51. The zero-order chi connectivity index (χ0) is 26.8. The van der Waals surface area contributed by atoms with Crippen molar-refractivity contribution in [2.24, 2.45) is 0 Å². The minimum atomic E-state index is -0.835. The Balaban J connectivity index is 1.45. The highest BCUT2D eigenvalue weighted by molar-refractivity contribution is 6.46. The van der Waals surface area contributed by atoms with E-state index in [0.717, 1.165) is 24.2 Å². The molecule has 1 N–H and O–H groups in total. The molecule has 6 rings (SSSR count). The number of aryl methyl sites for hydroxylation is 1. The molecule has 7 nitrogen and oxygen atoms in total. The quantitative estimate of drug-likeness (QED) is 0.197. The lowest BCUT2D eigenvalue weighted by Crippen LogP contribution is -2.29. The summed E-state index contributed by atoms with van der Waals surface area (Å²) in [6.07, 6.45) is 3.33. The SMILES string of the molecule is O=C1C(=O)N(Cc2ccccn2)C(c2cccc(Oc3ccccc3)c2)/C1=C(/O)c1ccc2c(c1)CCCO2. The van der Waals surface area contributed by atoms with Gasteiger partial charge in [0.25, 0.3) is 11.7 Å². The van der Waals surface area contributed by atoms with E-state index in [1.165, 1.54) is 4.90 Å². The second kappa shape index (κ2) is 10.5. The van der Waals surface area contributed by atoms with Crippen LogP contribution >= 0.6 is 0 Å². The van der Waals surface area contributed by atoms with Crippen LogP contribution < -0.4 is 9.47 Å². The van der Waals surface area contributed by atoms with Gasteiger partial charge in [0.2, 0.25) is 0 Å². The lowest BCUT2D eigenvalue weighted by Gasteiger charge is -2.25. The van der Waals surface area contributed by atoms with Crippen molar-refractivity contribution < 1.29 is 24.2 Å². The molecule has 3 aromatic carbocycles. The standard InChI is InChI=1S/C32H26N2O5/c35-30(23-14-15-27-21(18-23)9-7-17-38-27)28-29(34(32(37)31(28)36)20-24-10-4-5-16-33-24)22-8-6-13-26(19-22)39-25-11-2-1-3-12-25/h1-6,8,10-16,18-19,29,35H,7,9,17,20H2/b30-28-. The van der Waals surface area contributed by atoms with Gasteiger partial charge in [0.05, 0.1) is 30.5 Å². The normalized spacial score (nSPS) is 17.9. The molecule has 0 bridgehead atoms. The minimum Gasteiger partial charge on any atom is -0.507 e. The number of hydrogen-bond acceptors (Lipinski definition) is 6. The van der Waals surface area contributed by atoms with Crippen LogP contribution in [-0.4, -0.2) is 33.3 Å². The summed E-state index contributed by atoms with van der Waals surface area (Å²) in [5, 5.41) is 11.5. The van der Waals surface area contributed by atoms with E-state index in [1.54, 1.807) is 36.5 Å². The van der Waals surface area contributed by atoms with Gasteiger partial charge in [0.1, 0.15) is 23.0 Å². The molecule has 0 spiro atoms. The Labute approximate surface area is 226 Å². The van der Waals surface area contributed by atoms with Crippen molar-refractivity contribution in [1.82, 2.24) is 9.88 Å². The van der Waals surface area contributed by atoms with Crippen LogP contribution in [0.2, 0.25) is 0 Å². The fourth-order valence-electron chi connectivity index (χ4n) is 5.09. The molecule has 4 aromatic rings. The Kier molecular flexibility index (Phi) is 6.55. The first-order valence-corrected chi connectivity index (χ1v) is 12.9. The lowest BCUT2D eigenvalue weighted by atomic mass is 9.94. The molecule has 1 fully saturated rings. The van der Waals surface area contributed by atoms with Crippen molar-refractivity contribution in [3.8, 4) is 17.2 Å². The predicted molar refractivity (Wildman–Crippen MR) is 145 cm³/mol. The van der Waals surface area contributed by atoms with Crippen LogP contribution in [0.3, 0.4) is 0 Å². The number of carbonyl (C=O) groups is 2. The van der Waals surface area contributed by atoms with Gasteiger partial charge in [-0.3, -0.25) is 14.6 Å². The molecule has 1 atom stereocenters. The monoisotopic (exact) mass is 518 g/mol. The van der Waals surface area contributed by atoms with Crippen LogP contribution in [0.1, 0.15) is 34.8 Å². The highest BCUT2D eigenvalue weighted by Crippen LogP contribution is 2.42. The Morgan fingerprint density at radius 3 is 2.59 bits per heavy atom. The van der Waals surface area contributed by atoms with Crippen molar-refractivity contribution >= 4 is 17.4 Å². The number of aliphatic hydroxyl groups is 1. The molecule has 1 aromatic heterocycles. The first-order chi connectivity index (χ1) is 19.1. The third kappa shape index (κ3) is 4.86. The number of likely N-dealkylation sites (tertiary alicyclic amines) is 1. The second-order valence-corrected chi connectivity index (χ2v) is 9.51. The third-order valence-corrected chi connectivity index (χ3v) is 6.93.